The van der Waals surface area contributed by atoms with Crippen LogP contribution in [0.1, 0.15) is 19.8 Å². The summed E-state index contributed by atoms with van der Waals surface area (Å²) in [5.74, 6) is 0.197. The first-order valence-electron chi connectivity index (χ1n) is 3.90. The van der Waals surface area contributed by atoms with Crippen LogP contribution in [0.25, 0.3) is 0 Å². The molecule has 0 radical (unpaired) electrons. The van der Waals surface area contributed by atoms with E-state index in [1.807, 2.05) is 0 Å². The van der Waals surface area contributed by atoms with E-state index in [0.717, 1.165) is 24.6 Å². The van der Waals surface area contributed by atoms with Crippen LogP contribution >= 0.6 is 11.8 Å². The minimum atomic E-state index is -0.0522. The Morgan fingerprint density at radius 3 is 2.83 bits per heavy atom. The van der Waals surface area contributed by atoms with Crippen LogP contribution in [0.5, 0.6) is 0 Å². The van der Waals surface area contributed by atoms with Crippen molar-refractivity contribution in [3.05, 3.63) is 0 Å². The van der Waals surface area contributed by atoms with Gasteiger partial charge in [-0.25, -0.2) is 0 Å². The highest BCUT2D eigenvalue weighted by molar-refractivity contribution is 8.14. The van der Waals surface area contributed by atoms with E-state index in [1.165, 1.54) is 0 Å². The lowest BCUT2D eigenvalue weighted by Crippen LogP contribution is -2.27. The van der Waals surface area contributed by atoms with Crippen LogP contribution in [0.15, 0.2) is 0 Å². The molecule has 0 fully saturated rings. The minimum Gasteiger partial charge on any atom is -0.379 e. The van der Waals surface area contributed by atoms with Gasteiger partial charge in [0.25, 0.3) is 0 Å². The maximum absolute atomic E-state index is 10.9. The van der Waals surface area contributed by atoms with Gasteiger partial charge in [-0.3, -0.25) is 10.2 Å². The summed E-state index contributed by atoms with van der Waals surface area (Å²) in [5.41, 5.74) is 5.06. The first-order valence-corrected chi connectivity index (χ1v) is 4.89. The molecule has 0 atom stereocenters. The SMILES string of the molecule is CCCCNC(=O)CSC(=N)N. The summed E-state index contributed by atoms with van der Waals surface area (Å²) in [6.45, 7) is 2.78. The number of nitrogens with two attached hydrogens (primary N) is 1. The molecule has 0 bridgehead atoms. The van der Waals surface area contributed by atoms with Crippen molar-refractivity contribution in [2.24, 2.45) is 5.73 Å². The van der Waals surface area contributed by atoms with Crippen LogP contribution in [0.3, 0.4) is 0 Å². The number of unbranched alkanes of at least 4 members (excludes halogenated alkanes) is 1. The van der Waals surface area contributed by atoms with E-state index < -0.39 is 0 Å². The lowest BCUT2D eigenvalue weighted by molar-refractivity contribution is -0.118. The smallest absolute Gasteiger partial charge is 0.230 e. The fraction of sp³-hybridized carbons (Fsp3) is 0.714. The first-order chi connectivity index (χ1) is 5.66. The van der Waals surface area contributed by atoms with Crippen LogP contribution in [0.2, 0.25) is 0 Å². The minimum absolute atomic E-state index is 0.0133. The van der Waals surface area contributed by atoms with Crippen LogP contribution < -0.4 is 11.1 Å². The highest BCUT2D eigenvalue weighted by Gasteiger charge is 2.00. The van der Waals surface area contributed by atoms with Crippen LogP contribution in [0, 0.1) is 5.41 Å². The van der Waals surface area contributed by atoms with Crippen LogP contribution in [-0.2, 0) is 4.79 Å². The van der Waals surface area contributed by atoms with Gasteiger partial charge in [0.05, 0.1) is 5.75 Å². The van der Waals surface area contributed by atoms with Gasteiger partial charge >= 0.3 is 0 Å². The summed E-state index contributed by atoms with van der Waals surface area (Å²) in [5, 5.41) is 9.58. The largest absolute Gasteiger partial charge is 0.379 e. The Balaban J connectivity index is 3.28. The zero-order chi connectivity index (χ0) is 9.40. The van der Waals surface area contributed by atoms with Crippen molar-refractivity contribution in [1.29, 1.82) is 5.41 Å². The second kappa shape index (κ2) is 6.97. The topological polar surface area (TPSA) is 79.0 Å². The lowest BCUT2D eigenvalue weighted by atomic mass is 10.3. The quantitative estimate of drug-likeness (QED) is 0.335. The Bertz CT molecular complexity index is 161. The fourth-order valence-corrected chi connectivity index (χ4v) is 0.988. The molecule has 4 nitrogen and oxygen atoms in total. The first kappa shape index (κ1) is 11.3. The van der Waals surface area contributed by atoms with E-state index in [1.54, 1.807) is 0 Å². The molecule has 0 saturated carbocycles. The molecule has 0 aliphatic heterocycles. The third-order valence-electron chi connectivity index (χ3n) is 1.21. The van der Waals surface area contributed by atoms with Crippen LogP contribution in [-0.4, -0.2) is 23.4 Å². The summed E-state index contributed by atoms with van der Waals surface area (Å²) in [4.78, 5) is 10.9. The summed E-state index contributed by atoms with van der Waals surface area (Å²) in [7, 11) is 0. The molecular weight excluding hydrogens is 174 g/mol. The number of hydrogen-bond donors (Lipinski definition) is 3. The van der Waals surface area contributed by atoms with Crippen molar-refractivity contribution in [3.63, 3.8) is 0 Å². The molecule has 0 aliphatic carbocycles. The third kappa shape index (κ3) is 7.40. The van der Waals surface area contributed by atoms with Gasteiger partial charge in [-0.1, -0.05) is 25.1 Å². The molecule has 0 unspecified atom stereocenters. The predicted molar refractivity (Wildman–Crippen MR) is 52.3 cm³/mol. The molecule has 0 spiro atoms. The van der Waals surface area contributed by atoms with Crippen molar-refractivity contribution in [2.75, 3.05) is 12.3 Å². The summed E-state index contributed by atoms with van der Waals surface area (Å²) < 4.78 is 0. The second-order valence-corrected chi connectivity index (χ2v) is 3.37. The highest BCUT2D eigenvalue weighted by atomic mass is 32.2. The highest BCUT2D eigenvalue weighted by Crippen LogP contribution is 1.96. The molecule has 1 amide bonds. The molecule has 70 valence electrons. The van der Waals surface area contributed by atoms with E-state index in [0.29, 0.717) is 6.54 Å². The van der Waals surface area contributed by atoms with Gasteiger partial charge < -0.3 is 11.1 Å². The Kier molecular flexibility index (Phi) is 6.55. The molecular formula is C7H15N3OS. The number of nitrogens with one attached hydrogen (secondary N) is 2. The molecule has 4 N–H and O–H groups in total. The van der Waals surface area contributed by atoms with E-state index in [2.05, 4.69) is 12.2 Å². The number of amides is 1. The summed E-state index contributed by atoms with van der Waals surface area (Å²) in [6.07, 6.45) is 2.07. The molecule has 0 heterocycles. The average Bonchev–Trinajstić information content (AvgIpc) is 2.01. The van der Waals surface area contributed by atoms with Gasteiger partial charge in [0, 0.05) is 6.54 Å². The zero-order valence-electron chi connectivity index (χ0n) is 7.22. The number of carbonyl (C=O) groups is 1. The summed E-state index contributed by atoms with van der Waals surface area (Å²) >= 11 is 1.05. The molecule has 0 aromatic heterocycles. The molecule has 12 heavy (non-hydrogen) atoms. The Labute approximate surface area is 76.8 Å². The van der Waals surface area contributed by atoms with Gasteiger partial charge in [0.1, 0.15) is 0 Å². The van der Waals surface area contributed by atoms with Gasteiger partial charge in [-0.2, -0.15) is 0 Å². The van der Waals surface area contributed by atoms with Crippen molar-refractivity contribution in [2.45, 2.75) is 19.8 Å². The van der Waals surface area contributed by atoms with Gasteiger partial charge in [-0.05, 0) is 6.42 Å². The van der Waals surface area contributed by atoms with Crippen molar-refractivity contribution >= 4 is 22.8 Å². The molecule has 0 aromatic carbocycles. The van der Waals surface area contributed by atoms with Gasteiger partial charge in [0.15, 0.2) is 5.17 Å². The maximum Gasteiger partial charge on any atom is 0.230 e. The van der Waals surface area contributed by atoms with Crippen molar-refractivity contribution < 1.29 is 4.79 Å². The fourth-order valence-electron chi connectivity index (χ4n) is 0.599. The third-order valence-corrected chi connectivity index (χ3v) is 1.93. The van der Waals surface area contributed by atoms with E-state index >= 15 is 0 Å². The molecule has 0 aliphatic rings. The van der Waals surface area contributed by atoms with Crippen molar-refractivity contribution in [1.82, 2.24) is 5.32 Å². The lowest BCUT2D eigenvalue weighted by Gasteiger charge is -2.02. The molecule has 5 heteroatoms. The number of thioether (sulfide) groups is 1. The van der Waals surface area contributed by atoms with E-state index in [-0.39, 0.29) is 16.8 Å². The Morgan fingerprint density at radius 2 is 2.33 bits per heavy atom. The number of carbonyl (C=O) groups excluding carboxylic acids is 1. The monoisotopic (exact) mass is 189 g/mol. The maximum atomic E-state index is 10.9. The number of amidine groups is 1. The molecule has 0 rings (SSSR count). The van der Waals surface area contributed by atoms with Crippen LogP contribution in [0.4, 0.5) is 0 Å². The standard InChI is InChI=1S/C7H15N3OS/c1-2-3-4-10-6(11)5-12-7(8)9/h2-5H2,1H3,(H3,8,9)(H,10,11). The van der Waals surface area contributed by atoms with Gasteiger partial charge in [0.2, 0.25) is 5.91 Å². The normalized spacial score (nSPS) is 9.42. The van der Waals surface area contributed by atoms with Gasteiger partial charge in [-0.15, -0.1) is 0 Å². The molecule has 0 aromatic rings. The molecule has 0 saturated heterocycles. The average molecular weight is 189 g/mol. The Hall–Kier alpha value is -0.710. The predicted octanol–water partition coefficient (Wildman–Crippen LogP) is 0.529. The second-order valence-electron chi connectivity index (χ2n) is 2.36. The van der Waals surface area contributed by atoms with E-state index in [9.17, 15) is 4.79 Å². The van der Waals surface area contributed by atoms with Crippen molar-refractivity contribution in [3.8, 4) is 0 Å². The zero-order valence-corrected chi connectivity index (χ0v) is 8.04. The summed E-state index contributed by atoms with van der Waals surface area (Å²) in [6, 6.07) is 0. The van der Waals surface area contributed by atoms with E-state index in [4.69, 9.17) is 11.1 Å². The number of hydrogen-bond acceptors (Lipinski definition) is 3. The number of rotatable bonds is 5. The Morgan fingerprint density at radius 1 is 1.67 bits per heavy atom.